The van der Waals surface area contributed by atoms with Gasteiger partial charge in [-0.05, 0) is 58.8 Å². The number of hydrogen-bond donors (Lipinski definition) is 2. The Labute approximate surface area is 182 Å². The molecule has 0 aromatic carbocycles. The molecule has 0 spiro atoms. The fourth-order valence-electron chi connectivity index (χ4n) is 3.37. The van der Waals surface area contributed by atoms with E-state index in [-0.39, 0.29) is 42.0 Å². The van der Waals surface area contributed by atoms with E-state index < -0.39 is 0 Å². The first-order valence-electron chi connectivity index (χ1n) is 10.3. The Bertz CT molecular complexity index is 425. The van der Waals surface area contributed by atoms with Gasteiger partial charge in [0.2, 0.25) is 0 Å². The van der Waals surface area contributed by atoms with Crippen molar-refractivity contribution in [2.75, 3.05) is 26.3 Å². The number of halogens is 1. The predicted molar refractivity (Wildman–Crippen MR) is 122 cm³/mol. The van der Waals surface area contributed by atoms with E-state index in [1.54, 1.807) is 0 Å². The molecule has 1 aliphatic rings. The summed E-state index contributed by atoms with van der Waals surface area (Å²) in [5.41, 5.74) is 0. The third-order valence-electron chi connectivity index (χ3n) is 4.84. The highest BCUT2D eigenvalue weighted by Crippen LogP contribution is 2.25. The van der Waals surface area contributed by atoms with Crippen LogP contribution in [-0.2, 0) is 14.3 Å². The van der Waals surface area contributed by atoms with E-state index in [0.29, 0.717) is 18.6 Å². The molecule has 0 amide bonds. The van der Waals surface area contributed by atoms with Gasteiger partial charge in [0.15, 0.2) is 5.96 Å². The molecule has 6 nitrogen and oxygen atoms in total. The molecule has 1 fully saturated rings. The standard InChI is InChI=1S/C20H39N3O3.HI/c1-6-21-20(22-14-13-18(15(4)5)25-7-2)23-17-11-9-16(10-12-17)19(24)26-8-3;/h15-18H,6-14H2,1-5H3,(H2,21,22,23);1H. The zero-order valence-electron chi connectivity index (χ0n) is 17.8. The summed E-state index contributed by atoms with van der Waals surface area (Å²) in [7, 11) is 0. The van der Waals surface area contributed by atoms with Crippen molar-refractivity contribution in [2.45, 2.75) is 78.9 Å². The molecule has 0 heterocycles. The number of carbonyl (C=O) groups excluding carboxylic acids is 1. The van der Waals surface area contributed by atoms with Gasteiger partial charge >= 0.3 is 5.97 Å². The average Bonchev–Trinajstić information content (AvgIpc) is 2.61. The van der Waals surface area contributed by atoms with Gasteiger partial charge in [-0.1, -0.05) is 13.8 Å². The highest BCUT2D eigenvalue weighted by Gasteiger charge is 2.27. The van der Waals surface area contributed by atoms with E-state index in [1.165, 1.54) is 0 Å². The first kappa shape index (κ1) is 26.4. The van der Waals surface area contributed by atoms with Crippen LogP contribution in [0.5, 0.6) is 0 Å². The lowest BCUT2D eigenvalue weighted by molar-refractivity contribution is -0.149. The number of ether oxygens (including phenoxy) is 2. The maximum Gasteiger partial charge on any atom is 0.308 e. The molecule has 160 valence electrons. The van der Waals surface area contributed by atoms with Crippen molar-refractivity contribution in [1.29, 1.82) is 0 Å². The van der Waals surface area contributed by atoms with Gasteiger partial charge in [-0.25, -0.2) is 0 Å². The van der Waals surface area contributed by atoms with Crippen molar-refractivity contribution in [1.82, 2.24) is 10.6 Å². The number of rotatable bonds is 10. The van der Waals surface area contributed by atoms with E-state index in [4.69, 9.17) is 14.5 Å². The van der Waals surface area contributed by atoms with Crippen molar-refractivity contribution in [3.8, 4) is 0 Å². The second-order valence-electron chi connectivity index (χ2n) is 7.23. The summed E-state index contributed by atoms with van der Waals surface area (Å²) in [5, 5.41) is 6.85. The first-order chi connectivity index (χ1) is 12.5. The maximum absolute atomic E-state index is 11.9. The van der Waals surface area contributed by atoms with E-state index in [0.717, 1.165) is 57.8 Å². The Morgan fingerprint density at radius 2 is 1.78 bits per heavy atom. The van der Waals surface area contributed by atoms with Crippen LogP contribution in [0.3, 0.4) is 0 Å². The third-order valence-corrected chi connectivity index (χ3v) is 4.84. The summed E-state index contributed by atoms with van der Waals surface area (Å²) < 4.78 is 10.9. The molecule has 1 atom stereocenters. The molecule has 0 aliphatic heterocycles. The van der Waals surface area contributed by atoms with Crippen LogP contribution in [0.25, 0.3) is 0 Å². The van der Waals surface area contributed by atoms with Crippen LogP contribution in [0.4, 0.5) is 0 Å². The lowest BCUT2D eigenvalue weighted by atomic mass is 9.86. The Kier molecular flexibility index (Phi) is 15.0. The topological polar surface area (TPSA) is 72.0 Å². The largest absolute Gasteiger partial charge is 0.466 e. The van der Waals surface area contributed by atoms with Crippen molar-refractivity contribution in [2.24, 2.45) is 16.8 Å². The molecule has 0 bridgehead atoms. The van der Waals surface area contributed by atoms with Gasteiger partial charge in [0.1, 0.15) is 0 Å². The van der Waals surface area contributed by atoms with Crippen LogP contribution >= 0.6 is 24.0 Å². The van der Waals surface area contributed by atoms with Crippen molar-refractivity contribution in [3.05, 3.63) is 0 Å². The van der Waals surface area contributed by atoms with Crippen LogP contribution in [0.1, 0.15) is 66.7 Å². The molecular formula is C20H40IN3O3. The van der Waals surface area contributed by atoms with E-state index >= 15 is 0 Å². The zero-order chi connectivity index (χ0) is 19.4. The van der Waals surface area contributed by atoms with Gasteiger partial charge in [0.25, 0.3) is 0 Å². The van der Waals surface area contributed by atoms with Gasteiger partial charge < -0.3 is 20.1 Å². The monoisotopic (exact) mass is 497 g/mol. The SMILES string of the molecule is CCNC(=NCCC(OCC)C(C)C)NC1CCC(C(=O)OCC)CC1.I. The van der Waals surface area contributed by atoms with Crippen molar-refractivity contribution in [3.63, 3.8) is 0 Å². The minimum absolute atomic E-state index is 0. The molecule has 0 aromatic rings. The fourth-order valence-corrected chi connectivity index (χ4v) is 3.37. The van der Waals surface area contributed by atoms with Gasteiger partial charge in [0.05, 0.1) is 18.6 Å². The highest BCUT2D eigenvalue weighted by molar-refractivity contribution is 14.0. The normalized spacial score (nSPS) is 21.3. The predicted octanol–water partition coefficient (Wildman–Crippen LogP) is 3.73. The number of nitrogens with one attached hydrogen (secondary N) is 2. The summed E-state index contributed by atoms with van der Waals surface area (Å²) in [6.45, 7) is 13.1. The summed E-state index contributed by atoms with van der Waals surface area (Å²) in [5.74, 6) is 1.39. The Morgan fingerprint density at radius 3 is 2.30 bits per heavy atom. The quantitative estimate of drug-likeness (QED) is 0.208. The smallest absolute Gasteiger partial charge is 0.308 e. The fraction of sp³-hybridized carbons (Fsp3) is 0.900. The molecule has 1 rings (SSSR count). The Morgan fingerprint density at radius 1 is 1.11 bits per heavy atom. The number of nitrogens with zero attached hydrogens (tertiary/aromatic N) is 1. The second-order valence-corrected chi connectivity index (χ2v) is 7.23. The van der Waals surface area contributed by atoms with E-state index in [2.05, 4.69) is 31.4 Å². The summed E-state index contributed by atoms with van der Waals surface area (Å²) in [6.07, 6.45) is 4.90. The minimum atomic E-state index is -0.0397. The number of esters is 1. The van der Waals surface area contributed by atoms with Crippen molar-refractivity contribution < 1.29 is 14.3 Å². The Balaban J connectivity index is 0.00000676. The van der Waals surface area contributed by atoms with Crippen LogP contribution < -0.4 is 10.6 Å². The number of carbonyl (C=O) groups is 1. The Hall–Kier alpha value is -0.570. The van der Waals surface area contributed by atoms with Gasteiger partial charge in [-0.2, -0.15) is 0 Å². The molecule has 0 radical (unpaired) electrons. The average molecular weight is 497 g/mol. The lowest BCUT2D eigenvalue weighted by Crippen LogP contribution is -2.45. The molecule has 0 saturated heterocycles. The van der Waals surface area contributed by atoms with Crippen LogP contribution in [0, 0.1) is 11.8 Å². The number of hydrogen-bond acceptors (Lipinski definition) is 4. The minimum Gasteiger partial charge on any atom is -0.466 e. The summed E-state index contributed by atoms with van der Waals surface area (Å²) >= 11 is 0. The third kappa shape index (κ3) is 10.5. The summed E-state index contributed by atoms with van der Waals surface area (Å²) in [4.78, 5) is 16.6. The summed E-state index contributed by atoms with van der Waals surface area (Å²) in [6, 6.07) is 0.367. The van der Waals surface area contributed by atoms with Crippen LogP contribution in [0.15, 0.2) is 4.99 Å². The lowest BCUT2D eigenvalue weighted by Gasteiger charge is -2.29. The molecule has 27 heavy (non-hydrogen) atoms. The second kappa shape index (κ2) is 15.4. The first-order valence-corrected chi connectivity index (χ1v) is 10.3. The molecule has 2 N–H and O–H groups in total. The molecule has 1 unspecified atom stereocenters. The molecule has 1 saturated carbocycles. The molecule has 0 aromatic heterocycles. The van der Waals surface area contributed by atoms with Gasteiger partial charge in [-0.3, -0.25) is 9.79 Å². The molecule has 1 aliphatic carbocycles. The van der Waals surface area contributed by atoms with Crippen LogP contribution in [0.2, 0.25) is 0 Å². The van der Waals surface area contributed by atoms with E-state index in [9.17, 15) is 4.79 Å². The van der Waals surface area contributed by atoms with Crippen molar-refractivity contribution >= 4 is 35.9 Å². The number of aliphatic imine (C=N–C) groups is 1. The molecule has 7 heteroatoms. The zero-order valence-corrected chi connectivity index (χ0v) is 20.1. The highest BCUT2D eigenvalue weighted by atomic mass is 127. The van der Waals surface area contributed by atoms with E-state index in [1.807, 2.05) is 13.8 Å². The van der Waals surface area contributed by atoms with Gasteiger partial charge in [-0.15, -0.1) is 24.0 Å². The maximum atomic E-state index is 11.9. The van der Waals surface area contributed by atoms with Gasteiger partial charge in [0, 0.05) is 25.7 Å². The van der Waals surface area contributed by atoms with Crippen LogP contribution in [-0.4, -0.2) is 50.4 Å². The number of guanidine groups is 1. The molecular weight excluding hydrogens is 457 g/mol.